The van der Waals surface area contributed by atoms with E-state index in [2.05, 4.69) is 61.8 Å². The van der Waals surface area contributed by atoms with E-state index in [9.17, 15) is 9.59 Å². The van der Waals surface area contributed by atoms with Crippen molar-refractivity contribution in [2.24, 2.45) is 0 Å². The van der Waals surface area contributed by atoms with Gasteiger partial charge in [0.15, 0.2) is 0 Å². The van der Waals surface area contributed by atoms with Crippen LogP contribution in [0.15, 0.2) is 121 Å². The lowest BCUT2D eigenvalue weighted by atomic mass is 10.1. The van der Waals surface area contributed by atoms with E-state index in [-0.39, 0.29) is 5.91 Å². The molecule has 0 atom stereocenters. The van der Waals surface area contributed by atoms with Gasteiger partial charge in [0.25, 0.3) is 5.91 Å². The second-order valence-corrected chi connectivity index (χ2v) is 9.95. The Hall–Kier alpha value is -6.02. The summed E-state index contributed by atoms with van der Waals surface area (Å²) in [6, 6.07) is 38.4. The monoisotopic (exact) mass is 594 g/mol. The highest BCUT2D eigenvalue weighted by molar-refractivity contribution is 6.05. The molecule has 0 spiro atoms. The van der Waals surface area contributed by atoms with E-state index in [1.807, 2.05) is 74.5 Å². The van der Waals surface area contributed by atoms with Gasteiger partial charge in [-0.05, 0) is 73.7 Å². The molecule has 0 radical (unpaired) electrons. The van der Waals surface area contributed by atoms with Crippen molar-refractivity contribution in [3.8, 4) is 22.8 Å². The van der Waals surface area contributed by atoms with Gasteiger partial charge in [-0.3, -0.25) is 9.59 Å². The molecule has 7 rings (SSSR count). The van der Waals surface area contributed by atoms with Crippen LogP contribution in [0.2, 0.25) is 0 Å². The van der Waals surface area contributed by atoms with Gasteiger partial charge in [-0.25, -0.2) is 9.97 Å². The summed E-state index contributed by atoms with van der Waals surface area (Å²) in [5.41, 5.74) is 8.98. The number of aromatic nitrogens is 4. The fraction of sp³-hybridized carbons (Fsp3) is 0.0811. The number of imidazole rings is 2. The second kappa shape index (κ2) is 14.4. The number of fused-ring (bicyclic) bond motifs is 2. The van der Waals surface area contributed by atoms with E-state index in [1.54, 1.807) is 36.4 Å². The summed E-state index contributed by atoms with van der Waals surface area (Å²) in [4.78, 5) is 38.7. The van der Waals surface area contributed by atoms with E-state index in [1.165, 1.54) is 5.56 Å². The minimum absolute atomic E-state index is 0.218. The van der Waals surface area contributed by atoms with Crippen molar-refractivity contribution in [2.45, 2.75) is 20.8 Å². The molecule has 0 aliphatic carbocycles. The average Bonchev–Trinajstić information content (AvgIpc) is 3.72. The summed E-state index contributed by atoms with van der Waals surface area (Å²) >= 11 is 0. The van der Waals surface area contributed by atoms with E-state index in [0.29, 0.717) is 23.3 Å². The minimum Gasteiger partial charge on any atom is -0.338 e. The number of para-hydroxylation sites is 4. The summed E-state index contributed by atoms with van der Waals surface area (Å²) in [6.45, 7) is 6.09. The van der Waals surface area contributed by atoms with Crippen LogP contribution in [0, 0.1) is 6.92 Å². The number of carbonyl (C=O) groups is 2. The van der Waals surface area contributed by atoms with E-state index in [4.69, 9.17) is 0 Å². The zero-order valence-corrected chi connectivity index (χ0v) is 25.3. The van der Waals surface area contributed by atoms with Gasteiger partial charge in [0.05, 0.1) is 22.1 Å². The quantitative estimate of drug-likeness (QED) is 0.144. The van der Waals surface area contributed by atoms with Crippen LogP contribution in [-0.4, -0.2) is 32.3 Å². The highest BCUT2D eigenvalue weighted by Crippen LogP contribution is 2.23. The largest absolute Gasteiger partial charge is 0.338 e. The molecule has 224 valence electrons. The number of aryl methyl sites for hydroxylation is 1. The van der Waals surface area contributed by atoms with Gasteiger partial charge in [0.1, 0.15) is 11.6 Å². The number of amides is 2. The average molecular weight is 595 g/mol. The normalized spacial score (nSPS) is 10.3. The molecule has 0 aliphatic rings. The molecular formula is C37H34N6O2. The molecular weight excluding hydrogens is 560 g/mol. The highest BCUT2D eigenvalue weighted by atomic mass is 16.1. The topological polar surface area (TPSA) is 116 Å². The Balaban J connectivity index is 0.000000189. The lowest BCUT2D eigenvalue weighted by Gasteiger charge is -2.07. The lowest BCUT2D eigenvalue weighted by molar-refractivity contribution is -0.105. The van der Waals surface area contributed by atoms with Crippen molar-refractivity contribution in [3.63, 3.8) is 0 Å². The number of aromatic amines is 2. The molecule has 2 aromatic heterocycles. The summed E-state index contributed by atoms with van der Waals surface area (Å²) < 4.78 is 0. The van der Waals surface area contributed by atoms with Crippen LogP contribution in [0.5, 0.6) is 0 Å². The Bertz CT molecular complexity index is 1980. The van der Waals surface area contributed by atoms with Crippen molar-refractivity contribution in [1.82, 2.24) is 19.9 Å². The summed E-state index contributed by atoms with van der Waals surface area (Å²) in [7, 11) is 0. The Kier molecular flexibility index (Phi) is 9.77. The standard InChI is InChI=1S/C21H16N4O2.C14H12N2.C2H6/c26-13-22-16-8-10-17(11-9-16)23-21(27)15-5-3-4-14(12-15)20-24-18-6-1-2-7-19(18)25-20;1-10-5-4-6-11(9-10)14-15-12-7-2-3-8-13(12)16-14;1-2/h1-13H,(H,22,26)(H,23,27)(H,24,25);2-9H,1H3,(H,15,16);1-2H3. The summed E-state index contributed by atoms with van der Waals surface area (Å²) in [5, 5.41) is 5.40. The van der Waals surface area contributed by atoms with Gasteiger partial charge >= 0.3 is 0 Å². The fourth-order valence-electron chi connectivity index (χ4n) is 4.70. The molecule has 0 saturated heterocycles. The Morgan fingerprint density at radius 2 is 1.18 bits per heavy atom. The van der Waals surface area contributed by atoms with Crippen LogP contribution in [0.3, 0.4) is 0 Å². The number of nitrogens with zero attached hydrogens (tertiary/aromatic N) is 2. The number of H-pyrrole nitrogens is 2. The molecule has 2 heterocycles. The van der Waals surface area contributed by atoms with Crippen LogP contribution in [0.4, 0.5) is 11.4 Å². The number of anilines is 2. The molecule has 5 aromatic carbocycles. The highest BCUT2D eigenvalue weighted by Gasteiger charge is 2.10. The molecule has 7 aromatic rings. The van der Waals surface area contributed by atoms with Crippen molar-refractivity contribution >= 4 is 45.8 Å². The van der Waals surface area contributed by atoms with Crippen molar-refractivity contribution in [1.29, 1.82) is 0 Å². The zero-order valence-electron chi connectivity index (χ0n) is 25.3. The van der Waals surface area contributed by atoms with Crippen LogP contribution < -0.4 is 10.6 Å². The number of rotatable bonds is 6. The maximum absolute atomic E-state index is 12.6. The van der Waals surface area contributed by atoms with Gasteiger partial charge in [0.2, 0.25) is 6.41 Å². The fourth-order valence-corrected chi connectivity index (χ4v) is 4.70. The van der Waals surface area contributed by atoms with Gasteiger partial charge in [0, 0.05) is 28.1 Å². The summed E-state index contributed by atoms with van der Waals surface area (Å²) in [6.07, 6.45) is 0.608. The number of nitrogens with one attached hydrogen (secondary N) is 4. The van der Waals surface area contributed by atoms with Gasteiger partial charge in [-0.1, -0.05) is 74.0 Å². The number of hydrogen-bond acceptors (Lipinski definition) is 4. The first-order valence-corrected chi connectivity index (χ1v) is 14.7. The maximum atomic E-state index is 12.6. The third kappa shape index (κ3) is 7.50. The van der Waals surface area contributed by atoms with Crippen molar-refractivity contribution in [2.75, 3.05) is 10.6 Å². The van der Waals surface area contributed by atoms with Gasteiger partial charge < -0.3 is 20.6 Å². The third-order valence-electron chi connectivity index (χ3n) is 6.84. The molecule has 8 heteroatoms. The molecule has 4 N–H and O–H groups in total. The molecule has 0 aliphatic heterocycles. The maximum Gasteiger partial charge on any atom is 0.255 e. The Morgan fingerprint density at radius 1 is 0.644 bits per heavy atom. The lowest BCUT2D eigenvalue weighted by Crippen LogP contribution is -2.11. The minimum atomic E-state index is -0.218. The summed E-state index contributed by atoms with van der Waals surface area (Å²) in [5.74, 6) is 1.43. The van der Waals surface area contributed by atoms with Crippen molar-refractivity contribution < 1.29 is 9.59 Å². The zero-order chi connectivity index (χ0) is 31.6. The molecule has 0 saturated carbocycles. The number of carbonyl (C=O) groups excluding carboxylic acids is 2. The van der Waals surface area contributed by atoms with Gasteiger partial charge in [-0.2, -0.15) is 0 Å². The first kappa shape index (κ1) is 30.4. The van der Waals surface area contributed by atoms with Crippen molar-refractivity contribution in [3.05, 3.63) is 132 Å². The molecule has 0 bridgehead atoms. The van der Waals surface area contributed by atoms with Crippen LogP contribution >= 0.6 is 0 Å². The van der Waals surface area contributed by atoms with E-state index >= 15 is 0 Å². The molecule has 8 nitrogen and oxygen atoms in total. The van der Waals surface area contributed by atoms with Crippen LogP contribution in [0.25, 0.3) is 44.8 Å². The Morgan fingerprint density at radius 3 is 1.73 bits per heavy atom. The van der Waals surface area contributed by atoms with Crippen LogP contribution in [0.1, 0.15) is 29.8 Å². The first-order valence-electron chi connectivity index (χ1n) is 14.7. The predicted molar refractivity (Wildman–Crippen MR) is 183 cm³/mol. The number of benzene rings is 5. The third-order valence-corrected chi connectivity index (χ3v) is 6.84. The van der Waals surface area contributed by atoms with E-state index in [0.717, 1.165) is 44.8 Å². The first-order chi connectivity index (χ1) is 22.1. The smallest absolute Gasteiger partial charge is 0.255 e. The molecule has 2 amide bonds. The molecule has 45 heavy (non-hydrogen) atoms. The SMILES string of the molecule is CC.Cc1cccc(-c2nc3ccccc3[nH]2)c1.O=CNc1ccc(NC(=O)c2cccc(-c3nc4ccccc4[nH]3)c2)cc1. The Labute approximate surface area is 261 Å². The van der Waals surface area contributed by atoms with Crippen LogP contribution in [-0.2, 0) is 4.79 Å². The van der Waals surface area contributed by atoms with E-state index < -0.39 is 0 Å². The molecule has 0 fully saturated rings. The predicted octanol–water partition coefficient (Wildman–Crippen LogP) is 8.62. The second-order valence-electron chi connectivity index (χ2n) is 9.95. The number of hydrogen-bond donors (Lipinski definition) is 4. The van der Waals surface area contributed by atoms with Gasteiger partial charge in [-0.15, -0.1) is 0 Å². The molecule has 0 unspecified atom stereocenters.